The topological polar surface area (TPSA) is 178 Å². The summed E-state index contributed by atoms with van der Waals surface area (Å²) in [6.45, 7) is -0.748. The first kappa shape index (κ1) is 27.6. The molecule has 13 nitrogen and oxygen atoms in total. The van der Waals surface area contributed by atoms with Crippen molar-refractivity contribution in [3.8, 4) is 0 Å². The van der Waals surface area contributed by atoms with Crippen molar-refractivity contribution < 1.29 is 52.1 Å². The van der Waals surface area contributed by atoms with Crippen LogP contribution in [-0.2, 0) is 52.4 Å². The molecule has 0 aliphatic carbocycles. The maximum atomic E-state index is 12.7. The van der Waals surface area contributed by atoms with Gasteiger partial charge in [-0.2, -0.15) is 25.3 Å². The number of methoxy groups -OCH3 is 1. The minimum absolute atomic E-state index is 0.202. The molecule has 1 heterocycles. The van der Waals surface area contributed by atoms with Gasteiger partial charge in [0, 0.05) is 12.7 Å². The number of ether oxygens (including phenoxy) is 2. The van der Waals surface area contributed by atoms with Crippen LogP contribution in [-0.4, -0.2) is 94.3 Å². The average Bonchev–Trinajstić information content (AvgIpc) is 2.67. The molecule has 1 aromatic rings. The summed E-state index contributed by atoms with van der Waals surface area (Å²) in [5.41, 5.74) is 0.202. The van der Waals surface area contributed by atoms with E-state index in [2.05, 4.69) is 5.32 Å². The van der Waals surface area contributed by atoms with Crippen molar-refractivity contribution in [3.05, 3.63) is 35.9 Å². The van der Waals surface area contributed by atoms with E-state index in [9.17, 15) is 30.0 Å². The lowest BCUT2D eigenvalue weighted by atomic mass is 9.96. The number of benzene rings is 1. The molecule has 1 fully saturated rings. The van der Waals surface area contributed by atoms with Crippen molar-refractivity contribution in [1.29, 1.82) is 0 Å². The molecule has 0 saturated carbocycles. The fourth-order valence-electron chi connectivity index (χ4n) is 3.04. The molecule has 1 aromatic carbocycles. The van der Waals surface area contributed by atoms with Crippen molar-refractivity contribution in [1.82, 2.24) is 5.32 Å². The Labute approximate surface area is 192 Å². The van der Waals surface area contributed by atoms with Gasteiger partial charge in [-0.25, -0.2) is 0 Å². The van der Waals surface area contributed by atoms with E-state index >= 15 is 0 Å². The van der Waals surface area contributed by atoms with Gasteiger partial charge >= 0.3 is 0 Å². The van der Waals surface area contributed by atoms with E-state index in [1.807, 2.05) is 0 Å². The molecular weight excluding hydrogens is 506 g/mol. The Morgan fingerprint density at radius 1 is 0.909 bits per heavy atom. The SMILES string of the molecule is CO[C@H]1O[C@@H](COS(C)(=O)=O)[C@@H](OS(C)(=O)=O)[C@H](OS(C)(=O)=O)[C@@H]1NC(=O)c1ccccc1. The van der Waals surface area contributed by atoms with Crippen LogP contribution in [0.3, 0.4) is 0 Å². The molecule has 0 unspecified atom stereocenters. The van der Waals surface area contributed by atoms with Gasteiger partial charge < -0.3 is 14.8 Å². The van der Waals surface area contributed by atoms with Gasteiger partial charge in [0.1, 0.15) is 24.4 Å². The first-order chi connectivity index (χ1) is 15.1. The van der Waals surface area contributed by atoms with Crippen molar-refractivity contribution in [2.45, 2.75) is 30.6 Å². The first-order valence-corrected chi connectivity index (χ1v) is 14.7. The van der Waals surface area contributed by atoms with Crippen LogP contribution in [0.5, 0.6) is 0 Å². The maximum absolute atomic E-state index is 12.7. The second-order valence-electron chi connectivity index (χ2n) is 7.16. The fraction of sp³-hybridized carbons (Fsp3) is 0.588. The maximum Gasteiger partial charge on any atom is 0.264 e. The summed E-state index contributed by atoms with van der Waals surface area (Å²) in [7, 11) is -11.3. The first-order valence-electron chi connectivity index (χ1n) is 9.25. The van der Waals surface area contributed by atoms with Crippen LogP contribution in [0.15, 0.2) is 30.3 Å². The second-order valence-corrected chi connectivity index (χ2v) is 12.0. The molecule has 1 aliphatic rings. The van der Waals surface area contributed by atoms with E-state index in [0.29, 0.717) is 12.5 Å². The molecule has 33 heavy (non-hydrogen) atoms. The monoisotopic (exact) mass is 531 g/mol. The van der Waals surface area contributed by atoms with Crippen molar-refractivity contribution >= 4 is 36.3 Å². The highest BCUT2D eigenvalue weighted by molar-refractivity contribution is 7.86. The Morgan fingerprint density at radius 3 is 1.94 bits per heavy atom. The van der Waals surface area contributed by atoms with Gasteiger partial charge in [-0.1, -0.05) is 18.2 Å². The summed E-state index contributed by atoms with van der Waals surface area (Å²) >= 11 is 0. The zero-order valence-electron chi connectivity index (χ0n) is 18.1. The van der Waals surface area contributed by atoms with Gasteiger partial charge in [0.25, 0.3) is 36.3 Å². The molecule has 0 bridgehead atoms. The van der Waals surface area contributed by atoms with Gasteiger partial charge in [-0.3, -0.25) is 17.3 Å². The lowest BCUT2D eigenvalue weighted by molar-refractivity contribution is -0.249. The van der Waals surface area contributed by atoms with Crippen LogP contribution in [0.4, 0.5) is 0 Å². The molecule has 1 amide bonds. The fourth-order valence-corrected chi connectivity index (χ4v) is 4.69. The molecule has 2 rings (SSSR count). The number of rotatable bonds is 10. The van der Waals surface area contributed by atoms with E-state index in [-0.39, 0.29) is 5.56 Å². The molecule has 1 saturated heterocycles. The highest BCUT2D eigenvalue weighted by atomic mass is 32.2. The van der Waals surface area contributed by atoms with E-state index in [1.165, 1.54) is 19.2 Å². The van der Waals surface area contributed by atoms with Gasteiger partial charge in [0.15, 0.2) is 6.29 Å². The zero-order chi connectivity index (χ0) is 25.0. The Balaban J connectivity index is 2.50. The number of carbonyl (C=O) groups excluding carboxylic acids is 1. The van der Waals surface area contributed by atoms with E-state index in [0.717, 1.165) is 6.26 Å². The summed E-state index contributed by atoms with van der Waals surface area (Å²) in [6.07, 6.45) is -4.14. The summed E-state index contributed by atoms with van der Waals surface area (Å²) < 4.78 is 96.2. The molecule has 188 valence electrons. The van der Waals surface area contributed by atoms with Crippen LogP contribution in [0.2, 0.25) is 0 Å². The minimum atomic E-state index is -4.24. The smallest absolute Gasteiger partial charge is 0.264 e. The Bertz CT molecular complexity index is 1130. The molecule has 0 aromatic heterocycles. The van der Waals surface area contributed by atoms with Crippen LogP contribution >= 0.6 is 0 Å². The Hall–Kier alpha value is -1.66. The molecule has 0 spiro atoms. The number of hydrogen-bond donors (Lipinski definition) is 1. The molecule has 5 atom stereocenters. The lowest BCUT2D eigenvalue weighted by Crippen LogP contribution is -2.66. The number of hydrogen-bond acceptors (Lipinski definition) is 12. The largest absolute Gasteiger partial charge is 0.354 e. The predicted molar refractivity (Wildman–Crippen MR) is 114 cm³/mol. The molecule has 1 aliphatic heterocycles. The number of amides is 1. The molecule has 0 radical (unpaired) electrons. The van der Waals surface area contributed by atoms with E-state index in [1.54, 1.807) is 18.2 Å². The van der Waals surface area contributed by atoms with E-state index < -0.39 is 73.5 Å². The molecular formula is C17H25NO12S3. The third kappa shape index (κ3) is 8.90. The van der Waals surface area contributed by atoms with Crippen molar-refractivity contribution in [2.75, 3.05) is 32.5 Å². The van der Waals surface area contributed by atoms with Crippen LogP contribution in [0.25, 0.3) is 0 Å². The van der Waals surface area contributed by atoms with Crippen LogP contribution in [0.1, 0.15) is 10.4 Å². The number of nitrogens with one attached hydrogen (secondary N) is 1. The zero-order valence-corrected chi connectivity index (χ0v) is 20.6. The summed E-state index contributed by atoms with van der Waals surface area (Å²) in [5.74, 6) is -0.669. The Kier molecular flexibility index (Phi) is 8.97. The van der Waals surface area contributed by atoms with Crippen molar-refractivity contribution in [2.24, 2.45) is 0 Å². The second kappa shape index (κ2) is 10.7. The third-order valence-corrected chi connectivity index (χ3v) is 5.94. The minimum Gasteiger partial charge on any atom is -0.354 e. The predicted octanol–water partition coefficient (Wildman–Crippen LogP) is -1.18. The molecule has 1 N–H and O–H groups in total. The van der Waals surface area contributed by atoms with Gasteiger partial charge in [-0.15, -0.1) is 0 Å². The van der Waals surface area contributed by atoms with Crippen molar-refractivity contribution in [3.63, 3.8) is 0 Å². The standard InChI is InChI=1S/C17H25NO12S3/c1-26-17-13(18-16(19)11-8-6-5-7-9-11)15(30-33(4,24)25)14(29-32(3,22)23)12(28-17)10-27-31(2,20)21/h5-9,12-15,17H,10H2,1-4H3,(H,18,19)/t12-,13-,14+,15+,17-/m0/s1. The average molecular weight is 532 g/mol. The number of carbonyl (C=O) groups is 1. The summed E-state index contributed by atoms with van der Waals surface area (Å²) in [5, 5.41) is 2.51. The third-order valence-electron chi connectivity index (χ3n) is 4.23. The van der Waals surface area contributed by atoms with Crippen LogP contribution < -0.4 is 5.32 Å². The van der Waals surface area contributed by atoms with E-state index in [4.69, 9.17) is 22.0 Å². The van der Waals surface area contributed by atoms with Gasteiger partial charge in [0.05, 0.1) is 25.4 Å². The summed E-state index contributed by atoms with van der Waals surface area (Å²) in [6, 6.07) is 6.45. The molecule has 16 heteroatoms. The highest BCUT2D eigenvalue weighted by Gasteiger charge is 2.51. The quantitative estimate of drug-likeness (QED) is 0.358. The van der Waals surface area contributed by atoms with Gasteiger partial charge in [0.2, 0.25) is 0 Å². The van der Waals surface area contributed by atoms with Gasteiger partial charge in [-0.05, 0) is 12.1 Å². The Morgan fingerprint density at radius 2 is 1.45 bits per heavy atom. The summed E-state index contributed by atoms with van der Waals surface area (Å²) in [4.78, 5) is 12.7. The normalized spacial score (nSPS) is 26.6. The lowest BCUT2D eigenvalue weighted by Gasteiger charge is -2.44. The highest BCUT2D eigenvalue weighted by Crippen LogP contribution is 2.29. The van der Waals surface area contributed by atoms with Crippen LogP contribution in [0, 0.1) is 0 Å².